The van der Waals surface area contributed by atoms with Crippen LogP contribution in [0.25, 0.3) is 0 Å². The summed E-state index contributed by atoms with van der Waals surface area (Å²) in [4.78, 5) is 14.0. The quantitative estimate of drug-likeness (QED) is 0.861. The molecule has 0 spiro atoms. The maximum Gasteiger partial charge on any atom is 0.224 e. The van der Waals surface area contributed by atoms with E-state index in [-0.39, 0.29) is 17.9 Å². The topological polar surface area (TPSA) is 40.5 Å². The Morgan fingerprint density at radius 2 is 2.11 bits per heavy atom. The molecule has 0 bridgehead atoms. The Kier molecular flexibility index (Phi) is 3.18. The van der Waals surface area contributed by atoms with Gasteiger partial charge in [0.15, 0.2) is 0 Å². The fourth-order valence-corrected chi connectivity index (χ4v) is 3.68. The predicted octanol–water partition coefficient (Wildman–Crippen LogP) is 3.26. The first-order chi connectivity index (χ1) is 9.00. The zero-order valence-corrected chi connectivity index (χ0v) is 12.7. The SMILES string of the molecule is CC(=O)N1c2ccc(Br)cc2[C@H](O)[C@@H](C)[C@@H]1C1CC1. The summed E-state index contributed by atoms with van der Waals surface area (Å²) in [6.45, 7) is 3.67. The Labute approximate surface area is 121 Å². The summed E-state index contributed by atoms with van der Waals surface area (Å²) in [5.74, 6) is 0.697. The Morgan fingerprint density at radius 1 is 1.42 bits per heavy atom. The number of anilines is 1. The lowest BCUT2D eigenvalue weighted by molar-refractivity contribution is -0.117. The van der Waals surface area contributed by atoms with Gasteiger partial charge in [-0.15, -0.1) is 0 Å². The highest BCUT2D eigenvalue weighted by atomic mass is 79.9. The molecule has 0 saturated heterocycles. The molecule has 3 rings (SSSR count). The lowest BCUT2D eigenvalue weighted by Gasteiger charge is -2.43. The van der Waals surface area contributed by atoms with E-state index in [2.05, 4.69) is 15.9 Å². The monoisotopic (exact) mass is 323 g/mol. The molecule has 3 atom stereocenters. The largest absolute Gasteiger partial charge is 0.388 e. The van der Waals surface area contributed by atoms with Crippen molar-refractivity contribution in [2.75, 3.05) is 4.90 Å². The van der Waals surface area contributed by atoms with Crippen molar-refractivity contribution < 1.29 is 9.90 Å². The number of hydrogen-bond donors (Lipinski definition) is 1. The number of carbonyl (C=O) groups excluding carboxylic acids is 1. The fraction of sp³-hybridized carbons (Fsp3) is 0.533. The van der Waals surface area contributed by atoms with E-state index in [1.165, 1.54) is 0 Å². The van der Waals surface area contributed by atoms with Crippen LogP contribution in [0.2, 0.25) is 0 Å². The first-order valence-corrected chi connectivity index (χ1v) is 7.57. The third kappa shape index (κ3) is 2.11. The number of benzene rings is 1. The average molecular weight is 324 g/mol. The van der Waals surface area contributed by atoms with Crippen molar-refractivity contribution in [3.63, 3.8) is 0 Å². The van der Waals surface area contributed by atoms with Gasteiger partial charge in [-0.25, -0.2) is 0 Å². The van der Waals surface area contributed by atoms with Gasteiger partial charge in [-0.3, -0.25) is 4.79 Å². The summed E-state index contributed by atoms with van der Waals surface area (Å²) in [7, 11) is 0. The molecule has 0 unspecified atom stereocenters. The van der Waals surface area contributed by atoms with Crippen molar-refractivity contribution in [3.05, 3.63) is 28.2 Å². The van der Waals surface area contributed by atoms with Gasteiger partial charge in [0.05, 0.1) is 6.10 Å². The normalized spacial score (nSPS) is 30.1. The van der Waals surface area contributed by atoms with Crippen LogP contribution in [-0.4, -0.2) is 17.1 Å². The molecule has 19 heavy (non-hydrogen) atoms. The van der Waals surface area contributed by atoms with Crippen molar-refractivity contribution in [3.8, 4) is 0 Å². The molecular weight excluding hydrogens is 306 g/mol. The van der Waals surface area contributed by atoms with E-state index in [9.17, 15) is 9.90 Å². The van der Waals surface area contributed by atoms with E-state index < -0.39 is 6.10 Å². The van der Waals surface area contributed by atoms with Crippen LogP contribution in [-0.2, 0) is 4.79 Å². The molecule has 0 aromatic heterocycles. The van der Waals surface area contributed by atoms with Crippen LogP contribution < -0.4 is 4.90 Å². The highest BCUT2D eigenvalue weighted by Crippen LogP contribution is 2.49. The lowest BCUT2D eigenvalue weighted by atomic mass is 9.82. The number of carbonyl (C=O) groups is 1. The van der Waals surface area contributed by atoms with Gasteiger partial charge in [0.2, 0.25) is 5.91 Å². The van der Waals surface area contributed by atoms with E-state index in [1.54, 1.807) is 6.92 Å². The van der Waals surface area contributed by atoms with Gasteiger partial charge >= 0.3 is 0 Å². The standard InChI is InChI=1S/C15H18BrNO2/c1-8-14(10-3-4-10)17(9(2)18)13-6-5-11(16)7-12(13)15(8)19/h5-8,10,14-15,19H,3-4H2,1-2H3/t8-,14+,15+/m0/s1. The zero-order valence-electron chi connectivity index (χ0n) is 11.1. The number of aliphatic hydroxyl groups is 1. The Bertz CT molecular complexity index is 527. The molecule has 1 N–H and O–H groups in total. The summed E-state index contributed by atoms with van der Waals surface area (Å²) in [5, 5.41) is 10.5. The van der Waals surface area contributed by atoms with Crippen LogP contribution in [0, 0.1) is 11.8 Å². The first-order valence-electron chi connectivity index (χ1n) is 6.78. The molecule has 1 heterocycles. The minimum absolute atomic E-state index is 0.0687. The van der Waals surface area contributed by atoms with Gasteiger partial charge in [0.25, 0.3) is 0 Å². The van der Waals surface area contributed by atoms with Gasteiger partial charge in [0.1, 0.15) is 0 Å². The van der Waals surface area contributed by atoms with Crippen molar-refractivity contribution in [1.29, 1.82) is 0 Å². The van der Waals surface area contributed by atoms with Gasteiger partial charge in [-0.05, 0) is 37.0 Å². The molecule has 1 aromatic carbocycles. The highest BCUT2D eigenvalue weighted by Gasteiger charge is 2.46. The highest BCUT2D eigenvalue weighted by molar-refractivity contribution is 9.10. The van der Waals surface area contributed by atoms with Crippen LogP contribution in [0.3, 0.4) is 0 Å². The molecule has 1 amide bonds. The Morgan fingerprint density at radius 3 is 2.68 bits per heavy atom. The van der Waals surface area contributed by atoms with E-state index in [1.807, 2.05) is 30.0 Å². The van der Waals surface area contributed by atoms with Crippen LogP contribution in [0.1, 0.15) is 38.4 Å². The Balaban J connectivity index is 2.13. The number of hydrogen-bond acceptors (Lipinski definition) is 2. The van der Waals surface area contributed by atoms with Crippen LogP contribution >= 0.6 is 15.9 Å². The van der Waals surface area contributed by atoms with Crippen LogP contribution in [0.15, 0.2) is 22.7 Å². The second kappa shape index (κ2) is 4.60. The molecule has 102 valence electrons. The molecular formula is C15H18BrNO2. The predicted molar refractivity (Wildman–Crippen MR) is 77.9 cm³/mol. The summed E-state index contributed by atoms with van der Waals surface area (Å²) in [6.07, 6.45) is 1.84. The number of fused-ring (bicyclic) bond motifs is 1. The number of rotatable bonds is 1. The summed E-state index contributed by atoms with van der Waals surface area (Å²) < 4.78 is 0.936. The number of amides is 1. The van der Waals surface area contributed by atoms with E-state index in [0.29, 0.717) is 5.92 Å². The minimum Gasteiger partial charge on any atom is -0.388 e. The molecule has 2 aliphatic rings. The van der Waals surface area contributed by atoms with Crippen molar-refractivity contribution >= 4 is 27.5 Å². The maximum absolute atomic E-state index is 12.1. The molecule has 1 saturated carbocycles. The Hall–Kier alpha value is -0.870. The third-order valence-electron chi connectivity index (χ3n) is 4.35. The van der Waals surface area contributed by atoms with E-state index in [4.69, 9.17) is 0 Å². The number of nitrogens with zero attached hydrogens (tertiary/aromatic N) is 1. The minimum atomic E-state index is -0.492. The number of aliphatic hydroxyl groups excluding tert-OH is 1. The summed E-state index contributed by atoms with van der Waals surface area (Å²) >= 11 is 3.44. The molecule has 3 nitrogen and oxygen atoms in total. The van der Waals surface area contributed by atoms with Crippen molar-refractivity contribution in [1.82, 2.24) is 0 Å². The van der Waals surface area contributed by atoms with Crippen LogP contribution in [0.5, 0.6) is 0 Å². The number of halogens is 1. The van der Waals surface area contributed by atoms with Gasteiger partial charge in [0, 0.05) is 34.6 Å². The molecule has 1 aliphatic carbocycles. The first kappa shape index (κ1) is 13.1. The molecule has 4 heteroatoms. The van der Waals surface area contributed by atoms with Crippen molar-refractivity contribution in [2.24, 2.45) is 11.8 Å². The lowest BCUT2D eigenvalue weighted by Crippen LogP contribution is -2.49. The average Bonchev–Trinajstić information content (AvgIpc) is 3.17. The van der Waals surface area contributed by atoms with Gasteiger partial charge in [-0.1, -0.05) is 22.9 Å². The van der Waals surface area contributed by atoms with Crippen molar-refractivity contribution in [2.45, 2.75) is 38.8 Å². The molecule has 0 radical (unpaired) electrons. The van der Waals surface area contributed by atoms with Gasteiger partial charge < -0.3 is 10.0 Å². The second-order valence-electron chi connectivity index (χ2n) is 5.72. The zero-order chi connectivity index (χ0) is 13.7. The summed E-state index contributed by atoms with van der Waals surface area (Å²) in [5.41, 5.74) is 1.73. The molecule has 1 aromatic rings. The van der Waals surface area contributed by atoms with Gasteiger partial charge in [-0.2, -0.15) is 0 Å². The van der Waals surface area contributed by atoms with Crippen LogP contribution in [0.4, 0.5) is 5.69 Å². The summed E-state index contributed by atoms with van der Waals surface area (Å²) in [6, 6.07) is 5.93. The molecule has 1 fully saturated rings. The third-order valence-corrected chi connectivity index (χ3v) is 4.84. The van der Waals surface area contributed by atoms with E-state index >= 15 is 0 Å². The molecule has 1 aliphatic heterocycles. The second-order valence-corrected chi connectivity index (χ2v) is 6.64. The maximum atomic E-state index is 12.1. The van der Waals surface area contributed by atoms with E-state index in [0.717, 1.165) is 28.6 Å². The smallest absolute Gasteiger partial charge is 0.224 e. The fourth-order valence-electron chi connectivity index (χ4n) is 3.30.